The predicted octanol–water partition coefficient (Wildman–Crippen LogP) is 5.44. The van der Waals surface area contributed by atoms with Gasteiger partial charge in [0, 0.05) is 0 Å². The first-order valence-electron chi connectivity index (χ1n) is 10.4. The number of para-hydroxylation sites is 2. The van der Waals surface area contributed by atoms with E-state index in [4.69, 9.17) is 9.72 Å². The van der Waals surface area contributed by atoms with E-state index in [9.17, 15) is 4.79 Å². The Hall–Kier alpha value is -2.99. The zero-order valence-electron chi connectivity index (χ0n) is 18.0. The van der Waals surface area contributed by atoms with Crippen LogP contribution in [-0.2, 0) is 4.79 Å². The van der Waals surface area contributed by atoms with Gasteiger partial charge in [-0.3, -0.25) is 4.79 Å². The summed E-state index contributed by atoms with van der Waals surface area (Å²) in [5.74, 6) is 2.30. The zero-order valence-corrected chi connectivity index (χ0v) is 18.8. The Morgan fingerprint density at radius 2 is 1.90 bits per heavy atom. The number of carbonyl (C=O) groups is 1. The number of fused-ring (bicyclic) bond motifs is 2. The minimum absolute atomic E-state index is 0.000536. The number of nitrogens with one attached hydrogen (secondary N) is 2. The summed E-state index contributed by atoms with van der Waals surface area (Å²) >= 11 is 1.76. The van der Waals surface area contributed by atoms with E-state index >= 15 is 0 Å². The van der Waals surface area contributed by atoms with Crippen LogP contribution in [0.2, 0.25) is 0 Å². The van der Waals surface area contributed by atoms with E-state index in [0.29, 0.717) is 0 Å². The van der Waals surface area contributed by atoms with E-state index in [0.717, 1.165) is 51.1 Å². The number of rotatable bonds is 8. The van der Waals surface area contributed by atoms with Gasteiger partial charge in [-0.05, 0) is 66.0 Å². The Morgan fingerprint density at radius 3 is 2.68 bits per heavy atom. The molecule has 1 heterocycles. The molecule has 0 aliphatic carbocycles. The van der Waals surface area contributed by atoms with E-state index in [-0.39, 0.29) is 17.9 Å². The van der Waals surface area contributed by atoms with Crippen molar-refractivity contribution in [3.8, 4) is 5.75 Å². The van der Waals surface area contributed by atoms with Gasteiger partial charge in [0.1, 0.15) is 11.6 Å². The van der Waals surface area contributed by atoms with Crippen LogP contribution in [0, 0.1) is 0 Å². The number of carbonyl (C=O) groups excluding carboxylic acids is 1. The molecule has 4 rings (SSSR count). The highest BCUT2D eigenvalue weighted by molar-refractivity contribution is 7.98. The number of nitrogens with zero attached hydrogens (tertiary/aromatic N) is 1. The third kappa shape index (κ3) is 4.69. The van der Waals surface area contributed by atoms with Gasteiger partial charge in [-0.2, -0.15) is 11.8 Å². The predicted molar refractivity (Wildman–Crippen MR) is 129 cm³/mol. The van der Waals surface area contributed by atoms with E-state index in [2.05, 4.69) is 22.6 Å². The Balaban J connectivity index is 1.55. The van der Waals surface area contributed by atoms with Crippen LogP contribution in [0.3, 0.4) is 0 Å². The van der Waals surface area contributed by atoms with Crippen LogP contribution >= 0.6 is 11.8 Å². The quantitative estimate of drug-likeness (QED) is 0.388. The zero-order chi connectivity index (χ0) is 21.8. The lowest BCUT2D eigenvalue weighted by Gasteiger charge is -2.20. The summed E-state index contributed by atoms with van der Waals surface area (Å²) in [6, 6.07) is 19.9. The molecular weight excluding hydrogens is 406 g/mol. The summed E-state index contributed by atoms with van der Waals surface area (Å²) in [6.07, 6.45) is 2.89. The van der Waals surface area contributed by atoms with Crippen LogP contribution in [0.5, 0.6) is 5.75 Å². The van der Waals surface area contributed by atoms with Crippen LogP contribution in [0.1, 0.15) is 36.7 Å². The third-order valence-corrected chi connectivity index (χ3v) is 6.27. The van der Waals surface area contributed by atoms with Gasteiger partial charge in [0.2, 0.25) is 5.91 Å². The molecule has 6 heteroatoms. The molecule has 1 aromatic heterocycles. The summed E-state index contributed by atoms with van der Waals surface area (Å²) in [7, 11) is 1.66. The molecule has 2 N–H and O–H groups in total. The molecule has 0 aliphatic rings. The second kappa shape index (κ2) is 9.43. The van der Waals surface area contributed by atoms with Crippen LogP contribution in [-0.4, -0.2) is 35.0 Å². The van der Waals surface area contributed by atoms with Gasteiger partial charge in [0.25, 0.3) is 0 Å². The number of hydrogen-bond donors (Lipinski definition) is 2. The normalized spacial score (nSPS) is 13.3. The van der Waals surface area contributed by atoms with Gasteiger partial charge in [-0.25, -0.2) is 4.98 Å². The van der Waals surface area contributed by atoms with Crippen LogP contribution in [0.25, 0.3) is 21.8 Å². The summed E-state index contributed by atoms with van der Waals surface area (Å²) in [4.78, 5) is 21.3. The highest BCUT2D eigenvalue weighted by atomic mass is 32.2. The fraction of sp³-hybridized carbons (Fsp3) is 0.280. The number of benzene rings is 3. The van der Waals surface area contributed by atoms with Crippen molar-refractivity contribution in [2.75, 3.05) is 19.1 Å². The molecule has 0 aliphatic heterocycles. The Bertz CT molecular complexity index is 1170. The van der Waals surface area contributed by atoms with Gasteiger partial charge < -0.3 is 15.0 Å². The smallest absolute Gasteiger partial charge is 0.227 e. The molecule has 5 nitrogen and oxygen atoms in total. The number of aromatic nitrogens is 2. The van der Waals surface area contributed by atoms with Gasteiger partial charge in [-0.1, -0.05) is 36.4 Å². The molecule has 0 saturated heterocycles. The van der Waals surface area contributed by atoms with Crippen molar-refractivity contribution in [1.82, 2.24) is 15.3 Å². The second-order valence-corrected chi connectivity index (χ2v) is 8.66. The molecule has 4 aromatic rings. The molecule has 160 valence electrons. The number of H-pyrrole nitrogens is 1. The fourth-order valence-electron chi connectivity index (χ4n) is 3.74. The lowest BCUT2D eigenvalue weighted by atomic mass is 9.96. The number of methoxy groups -OCH3 is 1. The van der Waals surface area contributed by atoms with E-state index in [1.54, 1.807) is 18.9 Å². The van der Waals surface area contributed by atoms with Crippen LogP contribution < -0.4 is 10.1 Å². The first kappa shape index (κ1) is 21.2. The molecule has 2 atom stereocenters. The molecule has 0 unspecified atom stereocenters. The van der Waals surface area contributed by atoms with E-state index in [1.807, 2.05) is 61.5 Å². The minimum atomic E-state index is -0.271. The van der Waals surface area contributed by atoms with Crippen molar-refractivity contribution in [1.29, 1.82) is 0 Å². The first-order valence-corrected chi connectivity index (χ1v) is 11.8. The SMILES string of the molecule is COc1ccc2cc([C@@H](C)C(=O)N[C@H](CCSC)c3nc4ccccc4[nH]3)ccc2c1. The minimum Gasteiger partial charge on any atom is -0.497 e. The number of aromatic amines is 1. The Morgan fingerprint density at radius 1 is 1.13 bits per heavy atom. The molecule has 0 saturated carbocycles. The number of hydrogen-bond acceptors (Lipinski definition) is 4. The highest BCUT2D eigenvalue weighted by Gasteiger charge is 2.22. The molecule has 0 bridgehead atoms. The number of amides is 1. The molecule has 0 spiro atoms. The van der Waals surface area contributed by atoms with Gasteiger partial charge in [0.15, 0.2) is 0 Å². The van der Waals surface area contributed by atoms with Crippen molar-refractivity contribution >= 4 is 39.5 Å². The molecule has 0 radical (unpaired) electrons. The van der Waals surface area contributed by atoms with Crippen molar-refractivity contribution < 1.29 is 9.53 Å². The van der Waals surface area contributed by atoms with Crippen molar-refractivity contribution in [3.63, 3.8) is 0 Å². The molecule has 0 fully saturated rings. The maximum atomic E-state index is 13.2. The monoisotopic (exact) mass is 433 g/mol. The summed E-state index contributed by atoms with van der Waals surface area (Å²) in [6.45, 7) is 1.95. The third-order valence-electron chi connectivity index (χ3n) is 5.63. The number of thioether (sulfide) groups is 1. The molecule has 31 heavy (non-hydrogen) atoms. The average Bonchev–Trinajstić information content (AvgIpc) is 3.24. The molecule has 3 aromatic carbocycles. The standard InChI is InChI=1S/C25H27N3O2S/c1-16(17-8-9-19-15-20(30-2)11-10-18(19)14-17)25(29)28-23(12-13-31-3)24-26-21-6-4-5-7-22(21)27-24/h4-11,14-16,23H,12-13H2,1-3H3,(H,26,27)(H,28,29)/t16-,23-/m1/s1. The summed E-state index contributed by atoms with van der Waals surface area (Å²) < 4.78 is 5.30. The van der Waals surface area contributed by atoms with Gasteiger partial charge in [0.05, 0.1) is 30.1 Å². The van der Waals surface area contributed by atoms with Gasteiger partial charge >= 0.3 is 0 Å². The fourth-order valence-corrected chi connectivity index (χ4v) is 4.21. The van der Waals surface area contributed by atoms with Crippen molar-refractivity contribution in [2.24, 2.45) is 0 Å². The largest absolute Gasteiger partial charge is 0.497 e. The Labute approximate surface area is 186 Å². The second-order valence-electron chi connectivity index (χ2n) is 7.68. The maximum absolute atomic E-state index is 13.2. The van der Waals surface area contributed by atoms with Crippen LogP contribution in [0.4, 0.5) is 0 Å². The Kier molecular flexibility index (Phi) is 6.47. The topological polar surface area (TPSA) is 67.0 Å². The van der Waals surface area contributed by atoms with Crippen molar-refractivity contribution in [3.05, 3.63) is 72.1 Å². The van der Waals surface area contributed by atoms with Gasteiger partial charge in [-0.15, -0.1) is 0 Å². The highest BCUT2D eigenvalue weighted by Crippen LogP contribution is 2.27. The molecule has 1 amide bonds. The number of ether oxygens (including phenoxy) is 1. The van der Waals surface area contributed by atoms with Crippen LogP contribution in [0.15, 0.2) is 60.7 Å². The summed E-state index contributed by atoms with van der Waals surface area (Å²) in [5, 5.41) is 5.41. The van der Waals surface area contributed by atoms with E-state index < -0.39 is 0 Å². The van der Waals surface area contributed by atoms with Crippen molar-refractivity contribution in [2.45, 2.75) is 25.3 Å². The lowest BCUT2D eigenvalue weighted by molar-refractivity contribution is -0.123. The maximum Gasteiger partial charge on any atom is 0.227 e. The average molecular weight is 434 g/mol. The molecular formula is C25H27N3O2S. The first-order chi connectivity index (χ1) is 15.1. The number of imidazole rings is 1. The van der Waals surface area contributed by atoms with E-state index in [1.165, 1.54) is 0 Å². The summed E-state index contributed by atoms with van der Waals surface area (Å²) in [5.41, 5.74) is 2.89. The lowest BCUT2D eigenvalue weighted by Crippen LogP contribution is -2.33.